The van der Waals surface area contributed by atoms with Crippen molar-refractivity contribution in [3.63, 3.8) is 0 Å². The van der Waals surface area contributed by atoms with Crippen LogP contribution in [0.3, 0.4) is 0 Å². The lowest BCUT2D eigenvalue weighted by Crippen LogP contribution is -2.27. The van der Waals surface area contributed by atoms with E-state index in [2.05, 4.69) is 58.9 Å². The van der Waals surface area contributed by atoms with Crippen molar-refractivity contribution in [2.45, 2.75) is 41.0 Å². The van der Waals surface area contributed by atoms with Crippen molar-refractivity contribution >= 4 is 0 Å². The number of hydrogen-bond donors (Lipinski definition) is 0. The monoisotopic (exact) mass is 220 g/mol. The van der Waals surface area contributed by atoms with E-state index in [1.54, 1.807) is 0 Å². The van der Waals surface area contributed by atoms with Gasteiger partial charge in [-0.15, -0.1) is 0 Å². The summed E-state index contributed by atoms with van der Waals surface area (Å²) >= 11 is 0. The van der Waals surface area contributed by atoms with Crippen molar-refractivity contribution in [2.75, 3.05) is 6.61 Å². The second-order valence-electron chi connectivity index (χ2n) is 5.43. The molecule has 16 heavy (non-hydrogen) atoms. The van der Waals surface area contributed by atoms with E-state index < -0.39 is 0 Å². The molecule has 0 unspecified atom stereocenters. The van der Waals surface area contributed by atoms with E-state index in [1.165, 1.54) is 5.56 Å². The van der Waals surface area contributed by atoms with Crippen LogP contribution in [-0.2, 0) is 6.42 Å². The molecule has 1 rings (SSSR count). The molecule has 0 aliphatic heterocycles. The number of hydrogen-bond acceptors (Lipinski definition) is 1. The Morgan fingerprint density at radius 1 is 1.12 bits per heavy atom. The SMILES string of the molecule is CCc1ccc(OCC(C)(C)C(C)C)cc1. The quantitative estimate of drug-likeness (QED) is 0.718. The number of aryl methyl sites for hydroxylation is 1. The van der Waals surface area contributed by atoms with Gasteiger partial charge >= 0.3 is 0 Å². The van der Waals surface area contributed by atoms with E-state index in [4.69, 9.17) is 4.74 Å². The number of rotatable bonds is 5. The summed E-state index contributed by atoms with van der Waals surface area (Å²) in [5, 5.41) is 0. The molecule has 0 aliphatic carbocycles. The van der Waals surface area contributed by atoms with Crippen molar-refractivity contribution in [2.24, 2.45) is 11.3 Å². The summed E-state index contributed by atoms with van der Waals surface area (Å²) in [5.41, 5.74) is 1.58. The van der Waals surface area contributed by atoms with Gasteiger partial charge in [0.25, 0.3) is 0 Å². The van der Waals surface area contributed by atoms with E-state index in [-0.39, 0.29) is 5.41 Å². The van der Waals surface area contributed by atoms with Crippen LogP contribution in [0.5, 0.6) is 5.75 Å². The zero-order valence-corrected chi connectivity index (χ0v) is 11.2. The van der Waals surface area contributed by atoms with Crippen LogP contribution >= 0.6 is 0 Å². The fraction of sp³-hybridized carbons (Fsp3) is 0.600. The predicted molar refractivity (Wildman–Crippen MR) is 69.9 cm³/mol. The molecular formula is C15H24O. The molecule has 1 nitrogen and oxygen atoms in total. The van der Waals surface area contributed by atoms with Crippen molar-refractivity contribution in [3.05, 3.63) is 29.8 Å². The van der Waals surface area contributed by atoms with Crippen LogP contribution in [-0.4, -0.2) is 6.61 Å². The Morgan fingerprint density at radius 2 is 1.69 bits per heavy atom. The van der Waals surface area contributed by atoms with Crippen LogP contribution in [0.4, 0.5) is 0 Å². The van der Waals surface area contributed by atoms with E-state index in [0.717, 1.165) is 18.8 Å². The largest absolute Gasteiger partial charge is 0.493 e. The lowest BCUT2D eigenvalue weighted by atomic mass is 9.82. The third-order valence-electron chi connectivity index (χ3n) is 3.51. The fourth-order valence-corrected chi connectivity index (χ4v) is 1.26. The van der Waals surface area contributed by atoms with Gasteiger partial charge in [0, 0.05) is 5.41 Å². The lowest BCUT2D eigenvalue weighted by Gasteiger charge is -2.28. The maximum absolute atomic E-state index is 5.83. The second-order valence-corrected chi connectivity index (χ2v) is 5.43. The van der Waals surface area contributed by atoms with E-state index in [0.29, 0.717) is 5.92 Å². The first-order chi connectivity index (χ1) is 7.45. The zero-order valence-electron chi connectivity index (χ0n) is 11.2. The summed E-state index contributed by atoms with van der Waals surface area (Å²) in [6.07, 6.45) is 1.08. The summed E-state index contributed by atoms with van der Waals surface area (Å²) in [6.45, 7) is 11.9. The molecule has 0 spiro atoms. The third kappa shape index (κ3) is 3.55. The highest BCUT2D eigenvalue weighted by atomic mass is 16.5. The van der Waals surface area contributed by atoms with Crippen LogP contribution < -0.4 is 4.74 Å². The summed E-state index contributed by atoms with van der Waals surface area (Å²) in [4.78, 5) is 0. The molecule has 0 amide bonds. The molecule has 0 aliphatic rings. The molecule has 0 fully saturated rings. The normalized spacial score (nSPS) is 11.9. The minimum absolute atomic E-state index is 0.226. The minimum Gasteiger partial charge on any atom is -0.493 e. The summed E-state index contributed by atoms with van der Waals surface area (Å²) < 4.78 is 5.83. The highest BCUT2D eigenvalue weighted by molar-refractivity contribution is 5.27. The number of benzene rings is 1. The molecule has 0 heterocycles. The van der Waals surface area contributed by atoms with Crippen LogP contribution in [0.15, 0.2) is 24.3 Å². The lowest BCUT2D eigenvalue weighted by molar-refractivity contribution is 0.130. The van der Waals surface area contributed by atoms with Crippen molar-refractivity contribution in [3.8, 4) is 5.75 Å². The topological polar surface area (TPSA) is 9.23 Å². The minimum atomic E-state index is 0.226. The summed E-state index contributed by atoms with van der Waals surface area (Å²) in [5.74, 6) is 1.60. The van der Waals surface area contributed by atoms with E-state index >= 15 is 0 Å². The van der Waals surface area contributed by atoms with E-state index in [9.17, 15) is 0 Å². The molecule has 0 bridgehead atoms. The highest BCUT2D eigenvalue weighted by Gasteiger charge is 2.23. The standard InChI is InChI=1S/C15H24O/c1-6-13-7-9-14(10-8-13)16-11-15(4,5)12(2)3/h7-10,12H,6,11H2,1-5H3. The molecule has 0 atom stereocenters. The molecule has 0 aromatic heterocycles. The average molecular weight is 220 g/mol. The Morgan fingerprint density at radius 3 is 2.12 bits per heavy atom. The number of ether oxygens (including phenoxy) is 1. The smallest absolute Gasteiger partial charge is 0.119 e. The van der Waals surface area contributed by atoms with Gasteiger partial charge in [0.05, 0.1) is 6.61 Å². The molecule has 0 saturated carbocycles. The molecule has 90 valence electrons. The molecule has 0 saturated heterocycles. The maximum Gasteiger partial charge on any atom is 0.119 e. The van der Waals surface area contributed by atoms with Gasteiger partial charge in [0.1, 0.15) is 5.75 Å². The maximum atomic E-state index is 5.83. The van der Waals surface area contributed by atoms with Gasteiger partial charge in [-0.2, -0.15) is 0 Å². The van der Waals surface area contributed by atoms with Crippen LogP contribution in [0, 0.1) is 11.3 Å². The van der Waals surface area contributed by atoms with Crippen LogP contribution in [0.1, 0.15) is 40.2 Å². The Kier molecular flexibility index (Phi) is 4.40. The van der Waals surface area contributed by atoms with Gasteiger partial charge in [-0.25, -0.2) is 0 Å². The van der Waals surface area contributed by atoms with E-state index in [1.807, 2.05) is 0 Å². The zero-order chi connectivity index (χ0) is 12.2. The Labute approximate surface area is 99.8 Å². The molecule has 1 aromatic rings. The first-order valence-electron chi connectivity index (χ1n) is 6.17. The van der Waals surface area contributed by atoms with Crippen molar-refractivity contribution in [1.29, 1.82) is 0 Å². The van der Waals surface area contributed by atoms with Gasteiger partial charge in [-0.3, -0.25) is 0 Å². The molecule has 1 heteroatoms. The van der Waals surface area contributed by atoms with Crippen LogP contribution in [0.2, 0.25) is 0 Å². The Balaban J connectivity index is 2.54. The Hall–Kier alpha value is -0.980. The Bertz CT molecular complexity index is 309. The van der Waals surface area contributed by atoms with Crippen molar-refractivity contribution < 1.29 is 4.74 Å². The molecule has 1 aromatic carbocycles. The van der Waals surface area contributed by atoms with Gasteiger partial charge in [-0.1, -0.05) is 46.8 Å². The second kappa shape index (κ2) is 5.38. The van der Waals surface area contributed by atoms with Crippen LogP contribution in [0.25, 0.3) is 0 Å². The average Bonchev–Trinajstić information content (AvgIpc) is 2.27. The van der Waals surface area contributed by atoms with Crippen molar-refractivity contribution in [1.82, 2.24) is 0 Å². The fourth-order valence-electron chi connectivity index (χ4n) is 1.26. The molecule has 0 N–H and O–H groups in total. The first kappa shape index (κ1) is 13.1. The molecular weight excluding hydrogens is 196 g/mol. The third-order valence-corrected chi connectivity index (χ3v) is 3.51. The van der Waals surface area contributed by atoms with Gasteiger partial charge < -0.3 is 4.74 Å². The highest BCUT2D eigenvalue weighted by Crippen LogP contribution is 2.27. The van der Waals surface area contributed by atoms with Gasteiger partial charge in [-0.05, 0) is 30.0 Å². The predicted octanol–water partition coefficient (Wildman–Crippen LogP) is 4.31. The summed E-state index contributed by atoms with van der Waals surface area (Å²) in [6, 6.07) is 8.40. The molecule has 0 radical (unpaired) electrons. The van der Waals surface area contributed by atoms with Gasteiger partial charge in [0.15, 0.2) is 0 Å². The summed E-state index contributed by atoms with van der Waals surface area (Å²) in [7, 11) is 0. The first-order valence-corrected chi connectivity index (χ1v) is 6.17. The van der Waals surface area contributed by atoms with Gasteiger partial charge in [0.2, 0.25) is 0 Å².